The normalized spacial score (nSPS) is 15.8. The van der Waals surface area contributed by atoms with Gasteiger partial charge in [-0.15, -0.1) is 0 Å². The Labute approximate surface area is 144 Å². The monoisotopic (exact) mass is 348 g/mol. The number of benzene rings is 1. The summed E-state index contributed by atoms with van der Waals surface area (Å²) in [7, 11) is 0. The Bertz CT molecular complexity index is 756. The zero-order chi connectivity index (χ0) is 17.9. The molecule has 0 atom stereocenters. The number of nitrogens with one attached hydrogen (secondary N) is 2. The first-order valence-electron chi connectivity index (χ1n) is 8.35. The molecule has 1 fully saturated rings. The number of urea groups is 1. The van der Waals surface area contributed by atoms with Gasteiger partial charge in [-0.1, -0.05) is 18.0 Å². The van der Waals surface area contributed by atoms with Crippen LogP contribution in [0.2, 0.25) is 0 Å². The summed E-state index contributed by atoms with van der Waals surface area (Å²) in [6.07, 6.45) is 3.41. The van der Waals surface area contributed by atoms with Gasteiger partial charge in [-0.25, -0.2) is 9.18 Å². The average molecular weight is 348 g/mol. The van der Waals surface area contributed by atoms with Crippen molar-refractivity contribution in [3.05, 3.63) is 35.7 Å². The van der Waals surface area contributed by atoms with Crippen molar-refractivity contribution in [2.75, 3.05) is 11.9 Å². The molecule has 0 spiro atoms. The number of hydrogen-bond donors (Lipinski definition) is 2. The standard InChI is InChI=1S/C17H21FN4O3/c1-3-24-14-10-12(18)6-7-13(14)20-16(23)21-17(8-4-5-9-17)15-19-11(2)25-22-15/h6-7,10H,3-5,8-9H2,1-2H3,(H2,20,21,23). The number of aryl methyl sites for hydroxylation is 1. The second-order valence-electron chi connectivity index (χ2n) is 6.08. The van der Waals surface area contributed by atoms with Gasteiger partial charge >= 0.3 is 6.03 Å². The molecule has 1 saturated carbocycles. The number of aromatic nitrogens is 2. The van der Waals surface area contributed by atoms with Gasteiger partial charge in [0.15, 0.2) is 5.82 Å². The van der Waals surface area contributed by atoms with Crippen LogP contribution in [-0.4, -0.2) is 22.8 Å². The Kier molecular flexibility index (Phi) is 4.87. The molecule has 0 radical (unpaired) electrons. The summed E-state index contributed by atoms with van der Waals surface area (Å²) in [5.41, 5.74) is -0.244. The summed E-state index contributed by atoms with van der Waals surface area (Å²) in [5, 5.41) is 9.68. The molecule has 0 unspecified atom stereocenters. The van der Waals surface area contributed by atoms with E-state index < -0.39 is 17.4 Å². The molecule has 7 nitrogen and oxygen atoms in total. The van der Waals surface area contributed by atoms with Gasteiger partial charge in [-0.2, -0.15) is 4.98 Å². The lowest BCUT2D eigenvalue weighted by atomic mass is 9.97. The van der Waals surface area contributed by atoms with Gasteiger partial charge in [0, 0.05) is 13.0 Å². The molecule has 2 aromatic rings. The predicted octanol–water partition coefficient (Wildman–Crippen LogP) is 3.51. The molecule has 2 amide bonds. The Morgan fingerprint density at radius 3 is 2.80 bits per heavy atom. The molecule has 2 N–H and O–H groups in total. The first-order valence-corrected chi connectivity index (χ1v) is 8.35. The largest absolute Gasteiger partial charge is 0.492 e. The third-order valence-electron chi connectivity index (χ3n) is 4.26. The van der Waals surface area contributed by atoms with Gasteiger partial charge < -0.3 is 19.9 Å². The molecule has 1 aromatic heterocycles. The number of anilines is 1. The molecule has 1 heterocycles. The lowest BCUT2D eigenvalue weighted by Gasteiger charge is -2.27. The van der Waals surface area contributed by atoms with E-state index in [1.807, 2.05) is 0 Å². The molecule has 0 aliphatic heterocycles. The van der Waals surface area contributed by atoms with E-state index in [0.29, 0.717) is 24.0 Å². The van der Waals surface area contributed by atoms with Crippen LogP contribution in [0.4, 0.5) is 14.9 Å². The molecule has 134 valence electrons. The topological polar surface area (TPSA) is 89.3 Å². The molecule has 1 aliphatic rings. The number of nitrogens with zero attached hydrogens (tertiary/aromatic N) is 2. The van der Waals surface area contributed by atoms with Gasteiger partial charge in [0.1, 0.15) is 17.1 Å². The van der Waals surface area contributed by atoms with Gasteiger partial charge in [0.05, 0.1) is 12.3 Å². The quantitative estimate of drug-likeness (QED) is 0.863. The third-order valence-corrected chi connectivity index (χ3v) is 4.26. The summed E-state index contributed by atoms with van der Waals surface area (Å²) >= 11 is 0. The molecule has 8 heteroatoms. The van der Waals surface area contributed by atoms with Crippen LogP contribution in [0.1, 0.15) is 44.3 Å². The van der Waals surface area contributed by atoms with Crippen molar-refractivity contribution in [1.29, 1.82) is 0 Å². The average Bonchev–Trinajstić information content (AvgIpc) is 3.20. The third kappa shape index (κ3) is 3.72. The van der Waals surface area contributed by atoms with Crippen molar-refractivity contribution >= 4 is 11.7 Å². The van der Waals surface area contributed by atoms with Crippen molar-refractivity contribution < 1.29 is 18.4 Å². The first kappa shape index (κ1) is 17.2. The highest BCUT2D eigenvalue weighted by molar-refractivity contribution is 5.91. The minimum atomic E-state index is -0.645. The van der Waals surface area contributed by atoms with Crippen LogP contribution >= 0.6 is 0 Å². The van der Waals surface area contributed by atoms with Crippen LogP contribution in [0.25, 0.3) is 0 Å². The van der Waals surface area contributed by atoms with E-state index >= 15 is 0 Å². The van der Waals surface area contributed by atoms with Crippen molar-refractivity contribution in [1.82, 2.24) is 15.5 Å². The smallest absolute Gasteiger partial charge is 0.320 e. The molecule has 0 bridgehead atoms. The molecular formula is C17H21FN4O3. The first-order chi connectivity index (χ1) is 12.0. The van der Waals surface area contributed by atoms with Crippen LogP contribution < -0.4 is 15.4 Å². The number of ether oxygens (including phenoxy) is 1. The Hall–Kier alpha value is -2.64. The Morgan fingerprint density at radius 2 is 2.16 bits per heavy atom. The SMILES string of the molecule is CCOc1cc(F)ccc1NC(=O)NC1(c2noc(C)n2)CCCC1. The minimum absolute atomic E-state index is 0.286. The van der Waals surface area contributed by atoms with Gasteiger partial charge in [-0.05, 0) is 31.9 Å². The van der Waals surface area contributed by atoms with Crippen LogP contribution in [0, 0.1) is 12.7 Å². The highest BCUT2D eigenvalue weighted by Crippen LogP contribution is 2.37. The van der Waals surface area contributed by atoms with E-state index in [-0.39, 0.29) is 5.75 Å². The minimum Gasteiger partial charge on any atom is -0.492 e. The van der Waals surface area contributed by atoms with E-state index in [2.05, 4.69) is 20.8 Å². The zero-order valence-corrected chi connectivity index (χ0v) is 14.3. The maximum absolute atomic E-state index is 13.4. The molecule has 1 aromatic carbocycles. The van der Waals surface area contributed by atoms with E-state index in [9.17, 15) is 9.18 Å². The number of carbonyl (C=O) groups excluding carboxylic acids is 1. The van der Waals surface area contributed by atoms with Crippen LogP contribution in [0.3, 0.4) is 0 Å². The number of amides is 2. The highest BCUT2D eigenvalue weighted by Gasteiger charge is 2.41. The Balaban J connectivity index is 1.77. The van der Waals surface area contributed by atoms with Crippen molar-refractivity contribution in [2.45, 2.75) is 45.1 Å². The fourth-order valence-electron chi connectivity index (χ4n) is 3.12. The lowest BCUT2D eigenvalue weighted by Crippen LogP contribution is -2.46. The maximum Gasteiger partial charge on any atom is 0.320 e. The summed E-state index contributed by atoms with van der Waals surface area (Å²) in [6.45, 7) is 3.87. The zero-order valence-electron chi connectivity index (χ0n) is 14.3. The highest BCUT2D eigenvalue weighted by atomic mass is 19.1. The van der Waals surface area contributed by atoms with Crippen LogP contribution in [-0.2, 0) is 5.54 Å². The number of carbonyl (C=O) groups is 1. The summed E-state index contributed by atoms with van der Waals surface area (Å²) < 4.78 is 23.8. The van der Waals surface area contributed by atoms with Gasteiger partial charge in [0.25, 0.3) is 0 Å². The van der Waals surface area contributed by atoms with E-state index in [1.165, 1.54) is 18.2 Å². The van der Waals surface area contributed by atoms with Gasteiger partial charge in [-0.3, -0.25) is 0 Å². The molecular weight excluding hydrogens is 327 g/mol. The van der Waals surface area contributed by atoms with Crippen molar-refractivity contribution in [3.8, 4) is 5.75 Å². The number of halogens is 1. The second-order valence-corrected chi connectivity index (χ2v) is 6.08. The molecule has 1 aliphatic carbocycles. The summed E-state index contributed by atoms with van der Waals surface area (Å²) in [6, 6.07) is 3.57. The fourth-order valence-corrected chi connectivity index (χ4v) is 3.12. The lowest BCUT2D eigenvalue weighted by molar-refractivity contribution is 0.232. The molecule has 25 heavy (non-hydrogen) atoms. The van der Waals surface area contributed by atoms with Crippen molar-refractivity contribution in [2.24, 2.45) is 0 Å². The second kappa shape index (κ2) is 7.08. The molecule has 3 rings (SSSR count). The summed E-state index contributed by atoms with van der Waals surface area (Å²) in [4.78, 5) is 16.8. The van der Waals surface area contributed by atoms with Crippen molar-refractivity contribution in [3.63, 3.8) is 0 Å². The van der Waals surface area contributed by atoms with E-state index in [0.717, 1.165) is 25.7 Å². The summed E-state index contributed by atoms with van der Waals surface area (Å²) in [5.74, 6) is 0.805. The fraction of sp³-hybridized carbons (Fsp3) is 0.471. The predicted molar refractivity (Wildman–Crippen MR) is 88.9 cm³/mol. The molecule has 0 saturated heterocycles. The van der Waals surface area contributed by atoms with Crippen LogP contribution in [0.5, 0.6) is 5.75 Å². The van der Waals surface area contributed by atoms with Crippen LogP contribution in [0.15, 0.2) is 22.7 Å². The van der Waals surface area contributed by atoms with E-state index in [1.54, 1.807) is 13.8 Å². The van der Waals surface area contributed by atoms with E-state index in [4.69, 9.17) is 9.26 Å². The Morgan fingerprint density at radius 1 is 1.40 bits per heavy atom. The number of hydrogen-bond acceptors (Lipinski definition) is 5. The number of rotatable bonds is 5. The van der Waals surface area contributed by atoms with Gasteiger partial charge in [0.2, 0.25) is 5.89 Å². The maximum atomic E-state index is 13.4.